The predicted molar refractivity (Wildman–Crippen MR) is 76.3 cm³/mol. The zero-order chi connectivity index (χ0) is 15.1. The summed E-state index contributed by atoms with van der Waals surface area (Å²) < 4.78 is 11.3. The van der Waals surface area contributed by atoms with E-state index < -0.39 is 0 Å². The monoisotopic (exact) mass is 307 g/mol. The number of fused-ring (bicyclic) bond motifs is 2. The molecule has 1 saturated heterocycles. The molecular formula is C15H21N3O4. The first kappa shape index (κ1) is 14.2. The molecule has 120 valence electrons. The van der Waals surface area contributed by atoms with Gasteiger partial charge >= 0.3 is 0 Å². The van der Waals surface area contributed by atoms with Crippen molar-refractivity contribution in [3.63, 3.8) is 0 Å². The van der Waals surface area contributed by atoms with E-state index in [0.29, 0.717) is 32.1 Å². The lowest BCUT2D eigenvalue weighted by Crippen LogP contribution is -2.51. The normalized spacial score (nSPS) is 31.0. The Balaban J connectivity index is 1.58. The lowest BCUT2D eigenvalue weighted by molar-refractivity contribution is -0.0451. The average Bonchev–Trinajstić information content (AvgIpc) is 3.17. The molecule has 0 bridgehead atoms. The number of H-pyrrole nitrogens is 1. The Labute approximate surface area is 128 Å². The summed E-state index contributed by atoms with van der Waals surface area (Å²) in [6.07, 6.45) is 2.45. The minimum Gasteiger partial charge on any atom is -0.396 e. The van der Waals surface area contributed by atoms with Gasteiger partial charge in [-0.2, -0.15) is 5.10 Å². The minimum absolute atomic E-state index is 0.0418. The summed E-state index contributed by atoms with van der Waals surface area (Å²) in [5.74, 6) is 0.180. The second-order valence-electron chi connectivity index (χ2n) is 6.33. The van der Waals surface area contributed by atoms with Crippen molar-refractivity contribution in [2.45, 2.75) is 38.0 Å². The number of carbonyl (C=O) groups is 1. The molecule has 0 radical (unpaired) electrons. The largest absolute Gasteiger partial charge is 0.396 e. The second-order valence-corrected chi connectivity index (χ2v) is 6.33. The van der Waals surface area contributed by atoms with Crippen LogP contribution in [0.15, 0.2) is 0 Å². The number of nitrogens with one attached hydrogen (secondary N) is 1. The van der Waals surface area contributed by atoms with Crippen LogP contribution in [0.3, 0.4) is 0 Å². The lowest BCUT2D eigenvalue weighted by Gasteiger charge is -2.37. The van der Waals surface area contributed by atoms with Crippen LogP contribution in [0.2, 0.25) is 0 Å². The summed E-state index contributed by atoms with van der Waals surface area (Å²) >= 11 is 0. The molecule has 3 aliphatic rings. The zero-order valence-corrected chi connectivity index (χ0v) is 12.5. The van der Waals surface area contributed by atoms with E-state index in [4.69, 9.17) is 9.47 Å². The number of nitrogens with zero attached hydrogens (tertiary/aromatic N) is 2. The number of ether oxygens (including phenoxy) is 2. The van der Waals surface area contributed by atoms with Gasteiger partial charge in [-0.25, -0.2) is 0 Å². The summed E-state index contributed by atoms with van der Waals surface area (Å²) in [5.41, 5.74) is 2.40. The zero-order valence-electron chi connectivity index (χ0n) is 12.5. The Morgan fingerprint density at radius 3 is 3.18 bits per heavy atom. The van der Waals surface area contributed by atoms with Gasteiger partial charge in [0.1, 0.15) is 0 Å². The third-order valence-corrected chi connectivity index (χ3v) is 5.05. The number of aromatic amines is 1. The lowest BCUT2D eigenvalue weighted by atomic mass is 10.1. The first-order valence-electron chi connectivity index (χ1n) is 7.95. The standard InChI is InChI=1S/C15H21N3O4/c19-7-9-5-12-13(6-9)22-4-2-18(12)15(20)14-10-8-21-3-1-11(10)16-17-14/h9,12-13,19H,1-8H2,(H,16,17)/t9-,12+,13?/m1/s1. The predicted octanol–water partition coefficient (Wildman–Crippen LogP) is 0.0943. The molecule has 2 aliphatic heterocycles. The van der Waals surface area contributed by atoms with Crippen LogP contribution in [-0.2, 0) is 22.5 Å². The van der Waals surface area contributed by atoms with Gasteiger partial charge < -0.3 is 19.5 Å². The third-order valence-electron chi connectivity index (χ3n) is 5.05. The smallest absolute Gasteiger partial charge is 0.275 e. The van der Waals surface area contributed by atoms with Gasteiger partial charge in [0.05, 0.1) is 32.0 Å². The van der Waals surface area contributed by atoms with Crippen LogP contribution >= 0.6 is 0 Å². The first-order valence-corrected chi connectivity index (χ1v) is 7.95. The molecule has 1 amide bonds. The quantitative estimate of drug-likeness (QED) is 0.809. The number of hydrogen-bond acceptors (Lipinski definition) is 5. The van der Waals surface area contributed by atoms with Gasteiger partial charge in [0.15, 0.2) is 5.69 Å². The maximum atomic E-state index is 12.9. The van der Waals surface area contributed by atoms with Crippen molar-refractivity contribution >= 4 is 5.91 Å². The third kappa shape index (κ3) is 2.24. The molecule has 7 heteroatoms. The van der Waals surface area contributed by atoms with Crippen LogP contribution in [0.1, 0.15) is 34.6 Å². The van der Waals surface area contributed by atoms with E-state index in [1.807, 2.05) is 4.90 Å². The van der Waals surface area contributed by atoms with Crippen LogP contribution in [-0.4, -0.2) is 64.6 Å². The fourth-order valence-corrected chi connectivity index (χ4v) is 3.88. The Morgan fingerprint density at radius 1 is 1.41 bits per heavy atom. The molecule has 1 aromatic heterocycles. The number of aliphatic hydroxyl groups excluding tert-OH is 1. The molecule has 2 N–H and O–H groups in total. The molecule has 1 unspecified atom stereocenters. The summed E-state index contributed by atoms with van der Waals surface area (Å²) in [4.78, 5) is 14.8. The van der Waals surface area contributed by atoms with E-state index in [0.717, 1.165) is 30.5 Å². The highest BCUT2D eigenvalue weighted by Crippen LogP contribution is 2.35. The molecule has 3 atom stereocenters. The maximum Gasteiger partial charge on any atom is 0.275 e. The van der Waals surface area contributed by atoms with Gasteiger partial charge in [-0.05, 0) is 18.8 Å². The molecular weight excluding hydrogens is 286 g/mol. The van der Waals surface area contributed by atoms with Crippen molar-refractivity contribution in [2.75, 3.05) is 26.4 Å². The number of hydrogen-bond donors (Lipinski definition) is 2. The average molecular weight is 307 g/mol. The van der Waals surface area contributed by atoms with Crippen molar-refractivity contribution in [1.29, 1.82) is 0 Å². The molecule has 1 aliphatic carbocycles. The van der Waals surface area contributed by atoms with Gasteiger partial charge in [0.25, 0.3) is 5.91 Å². The van der Waals surface area contributed by atoms with E-state index >= 15 is 0 Å². The van der Waals surface area contributed by atoms with Gasteiger partial charge in [0.2, 0.25) is 0 Å². The molecule has 0 aromatic carbocycles. The van der Waals surface area contributed by atoms with Gasteiger partial charge in [0, 0.05) is 30.8 Å². The van der Waals surface area contributed by atoms with Crippen molar-refractivity contribution in [3.8, 4) is 0 Å². The SMILES string of the molecule is O=C(c1n[nH]c2c1COCC2)N1CCOC2C[C@H](CO)C[C@@H]21. The van der Waals surface area contributed by atoms with Gasteiger partial charge in [-0.3, -0.25) is 9.89 Å². The van der Waals surface area contributed by atoms with Gasteiger partial charge in [-0.1, -0.05) is 0 Å². The van der Waals surface area contributed by atoms with Crippen LogP contribution in [0.25, 0.3) is 0 Å². The van der Waals surface area contributed by atoms with E-state index in [-0.39, 0.29) is 30.6 Å². The maximum absolute atomic E-state index is 12.9. The Bertz CT molecular complexity index is 573. The summed E-state index contributed by atoms with van der Waals surface area (Å²) in [7, 11) is 0. The molecule has 1 aromatic rings. The van der Waals surface area contributed by atoms with Crippen molar-refractivity contribution in [2.24, 2.45) is 5.92 Å². The van der Waals surface area contributed by atoms with Crippen LogP contribution in [0.5, 0.6) is 0 Å². The number of aromatic nitrogens is 2. The summed E-state index contributed by atoms with van der Waals surface area (Å²) in [6.45, 7) is 2.41. The molecule has 0 spiro atoms. The number of morpholine rings is 1. The van der Waals surface area contributed by atoms with E-state index in [9.17, 15) is 9.90 Å². The highest BCUT2D eigenvalue weighted by molar-refractivity contribution is 5.94. The number of rotatable bonds is 2. The van der Waals surface area contributed by atoms with Crippen molar-refractivity contribution in [1.82, 2.24) is 15.1 Å². The van der Waals surface area contributed by atoms with E-state index in [1.165, 1.54) is 0 Å². The van der Waals surface area contributed by atoms with E-state index in [1.54, 1.807) is 0 Å². The van der Waals surface area contributed by atoms with Crippen LogP contribution < -0.4 is 0 Å². The molecule has 4 rings (SSSR count). The molecule has 22 heavy (non-hydrogen) atoms. The number of aliphatic hydroxyl groups is 1. The fourth-order valence-electron chi connectivity index (χ4n) is 3.88. The summed E-state index contributed by atoms with van der Waals surface area (Å²) in [5, 5.41) is 16.6. The first-order chi connectivity index (χ1) is 10.8. The highest BCUT2D eigenvalue weighted by Gasteiger charge is 2.43. The highest BCUT2D eigenvalue weighted by atomic mass is 16.5. The van der Waals surface area contributed by atoms with Crippen molar-refractivity contribution < 1.29 is 19.4 Å². The van der Waals surface area contributed by atoms with Crippen LogP contribution in [0.4, 0.5) is 0 Å². The molecule has 3 heterocycles. The summed E-state index contributed by atoms with van der Waals surface area (Å²) in [6, 6.07) is 0.0512. The topological polar surface area (TPSA) is 87.7 Å². The Hall–Kier alpha value is -1.44. The number of carbonyl (C=O) groups excluding carboxylic acids is 1. The second kappa shape index (κ2) is 5.64. The Kier molecular flexibility index (Phi) is 3.63. The number of amides is 1. The minimum atomic E-state index is -0.0418. The van der Waals surface area contributed by atoms with E-state index in [2.05, 4.69) is 10.2 Å². The fraction of sp³-hybridized carbons (Fsp3) is 0.733. The van der Waals surface area contributed by atoms with Crippen molar-refractivity contribution in [3.05, 3.63) is 17.0 Å². The van der Waals surface area contributed by atoms with Gasteiger partial charge in [-0.15, -0.1) is 0 Å². The van der Waals surface area contributed by atoms with Crippen LogP contribution in [0, 0.1) is 5.92 Å². The molecule has 1 saturated carbocycles. The Morgan fingerprint density at radius 2 is 2.32 bits per heavy atom. The molecule has 7 nitrogen and oxygen atoms in total. The molecule has 2 fully saturated rings.